The summed E-state index contributed by atoms with van der Waals surface area (Å²) in [6.45, 7) is 4.61. The van der Waals surface area contributed by atoms with Crippen LogP contribution in [0.5, 0.6) is 0 Å². The highest BCUT2D eigenvalue weighted by atomic mass is 16.6. The van der Waals surface area contributed by atoms with Gasteiger partial charge in [0.1, 0.15) is 0 Å². The third-order valence-electron chi connectivity index (χ3n) is 3.25. The van der Waals surface area contributed by atoms with Gasteiger partial charge in [0.2, 0.25) is 6.41 Å². The monoisotopic (exact) mass is 287 g/mol. The van der Waals surface area contributed by atoms with Crippen molar-refractivity contribution in [3.63, 3.8) is 0 Å². The fraction of sp³-hybridized carbons (Fsp3) is 0.438. The Kier molecular flexibility index (Phi) is 5.76. The van der Waals surface area contributed by atoms with Crippen LogP contribution < -0.4 is 0 Å². The summed E-state index contributed by atoms with van der Waals surface area (Å²) in [5.74, 6) is 2.41. The zero-order chi connectivity index (χ0) is 15.1. The largest absolute Gasteiger partial charge is 0.356 e. The van der Waals surface area contributed by atoms with E-state index < -0.39 is 6.41 Å². The molecule has 2 heterocycles. The number of aliphatic hydroxyl groups is 1. The van der Waals surface area contributed by atoms with E-state index in [9.17, 15) is 5.11 Å². The Labute approximate surface area is 125 Å². The van der Waals surface area contributed by atoms with Crippen LogP contribution in [-0.2, 0) is 17.8 Å². The molecule has 112 valence electrons. The standard InChI is InChI=1S/C16H21N3O2/c1-3-4-5-6-7-8-11-21-16(20)18-9-10-19-15(13-18)12-14(2)17-19/h1,4-7,12,16,20H,8-11,13H2,2H3/b5-4-,7-6-. The Bertz CT molecular complexity index is 554. The van der Waals surface area contributed by atoms with Crippen molar-refractivity contribution in [3.05, 3.63) is 41.8 Å². The summed E-state index contributed by atoms with van der Waals surface area (Å²) >= 11 is 0. The number of nitrogens with zero attached hydrogens (tertiary/aromatic N) is 3. The normalized spacial score (nSPS) is 17.2. The number of hydrogen-bond donors (Lipinski definition) is 1. The molecule has 0 saturated carbocycles. The molecule has 5 nitrogen and oxygen atoms in total. The molecule has 1 aliphatic rings. The fourth-order valence-electron chi connectivity index (χ4n) is 2.25. The SMILES string of the molecule is C#C/C=C\C=C/CCOC(O)N1CCn2nc(C)cc2C1. The van der Waals surface area contributed by atoms with Crippen molar-refractivity contribution in [1.82, 2.24) is 14.7 Å². The molecule has 0 amide bonds. The summed E-state index contributed by atoms with van der Waals surface area (Å²) in [6, 6.07) is 2.04. The molecule has 1 aromatic rings. The molecule has 1 unspecified atom stereocenters. The van der Waals surface area contributed by atoms with Gasteiger partial charge < -0.3 is 9.84 Å². The van der Waals surface area contributed by atoms with Gasteiger partial charge in [-0.15, -0.1) is 6.42 Å². The van der Waals surface area contributed by atoms with Crippen LogP contribution in [0.4, 0.5) is 0 Å². The maximum Gasteiger partial charge on any atom is 0.216 e. The van der Waals surface area contributed by atoms with Gasteiger partial charge in [-0.3, -0.25) is 4.68 Å². The van der Waals surface area contributed by atoms with Crippen molar-refractivity contribution in [2.24, 2.45) is 0 Å². The molecule has 0 bridgehead atoms. The molecule has 5 heteroatoms. The van der Waals surface area contributed by atoms with E-state index in [0.29, 0.717) is 13.2 Å². The zero-order valence-corrected chi connectivity index (χ0v) is 12.3. The molecule has 0 aromatic carbocycles. The molecule has 1 N–H and O–H groups in total. The van der Waals surface area contributed by atoms with E-state index in [1.165, 1.54) is 0 Å². The molecular weight excluding hydrogens is 266 g/mol. The summed E-state index contributed by atoms with van der Waals surface area (Å²) in [5, 5.41) is 14.5. The van der Waals surface area contributed by atoms with Gasteiger partial charge >= 0.3 is 0 Å². The van der Waals surface area contributed by atoms with E-state index in [1.54, 1.807) is 12.2 Å². The van der Waals surface area contributed by atoms with Gasteiger partial charge in [-0.25, -0.2) is 4.90 Å². The van der Waals surface area contributed by atoms with Crippen LogP contribution >= 0.6 is 0 Å². The summed E-state index contributed by atoms with van der Waals surface area (Å²) in [6.07, 6.45) is 12.2. The van der Waals surface area contributed by atoms with E-state index in [4.69, 9.17) is 11.2 Å². The number of terminal acetylenes is 1. The van der Waals surface area contributed by atoms with Crippen LogP contribution in [0.2, 0.25) is 0 Å². The van der Waals surface area contributed by atoms with Crippen LogP contribution in [0.15, 0.2) is 30.4 Å². The average molecular weight is 287 g/mol. The molecule has 0 radical (unpaired) electrons. The second-order valence-corrected chi connectivity index (χ2v) is 4.91. The highest BCUT2D eigenvalue weighted by Gasteiger charge is 2.23. The lowest BCUT2D eigenvalue weighted by Gasteiger charge is -2.31. The number of aliphatic hydroxyl groups excluding tert-OH is 1. The quantitative estimate of drug-likeness (QED) is 0.372. The van der Waals surface area contributed by atoms with Gasteiger partial charge in [-0.05, 0) is 25.5 Å². The van der Waals surface area contributed by atoms with Crippen molar-refractivity contribution in [1.29, 1.82) is 0 Å². The van der Waals surface area contributed by atoms with E-state index in [-0.39, 0.29) is 0 Å². The Morgan fingerprint density at radius 3 is 3.19 bits per heavy atom. The Balaban J connectivity index is 1.72. The van der Waals surface area contributed by atoms with Crippen molar-refractivity contribution in [2.45, 2.75) is 32.8 Å². The summed E-state index contributed by atoms with van der Waals surface area (Å²) in [7, 11) is 0. The Hall–Kier alpha value is -1.87. The summed E-state index contributed by atoms with van der Waals surface area (Å²) < 4.78 is 7.43. The van der Waals surface area contributed by atoms with E-state index in [0.717, 1.165) is 30.9 Å². The summed E-state index contributed by atoms with van der Waals surface area (Å²) in [5.41, 5.74) is 2.12. The number of fused-ring (bicyclic) bond motifs is 1. The second-order valence-electron chi connectivity index (χ2n) is 4.91. The minimum Gasteiger partial charge on any atom is -0.356 e. The van der Waals surface area contributed by atoms with E-state index in [2.05, 4.69) is 11.0 Å². The molecule has 0 fully saturated rings. The Morgan fingerprint density at radius 1 is 1.52 bits per heavy atom. The molecule has 0 aliphatic carbocycles. The number of aryl methyl sites for hydroxylation is 1. The van der Waals surface area contributed by atoms with E-state index in [1.807, 2.05) is 34.7 Å². The highest BCUT2D eigenvalue weighted by molar-refractivity contribution is 5.15. The summed E-state index contributed by atoms with van der Waals surface area (Å²) in [4.78, 5) is 1.90. The van der Waals surface area contributed by atoms with Crippen LogP contribution in [0.25, 0.3) is 0 Å². The predicted octanol–water partition coefficient (Wildman–Crippen LogP) is 1.44. The van der Waals surface area contributed by atoms with Crippen LogP contribution in [-0.4, -0.2) is 39.4 Å². The Morgan fingerprint density at radius 2 is 2.38 bits per heavy atom. The molecule has 1 atom stereocenters. The first-order valence-electron chi connectivity index (χ1n) is 7.05. The topological polar surface area (TPSA) is 50.5 Å². The van der Waals surface area contributed by atoms with Gasteiger partial charge in [0, 0.05) is 13.1 Å². The van der Waals surface area contributed by atoms with Crippen molar-refractivity contribution >= 4 is 0 Å². The first-order valence-corrected chi connectivity index (χ1v) is 7.05. The molecule has 21 heavy (non-hydrogen) atoms. The van der Waals surface area contributed by atoms with Crippen LogP contribution in [0.1, 0.15) is 17.8 Å². The maximum absolute atomic E-state index is 10.1. The number of aromatic nitrogens is 2. The van der Waals surface area contributed by atoms with Crippen molar-refractivity contribution in [2.75, 3.05) is 13.2 Å². The maximum atomic E-state index is 10.1. The number of rotatable bonds is 6. The second kappa shape index (κ2) is 7.79. The molecule has 0 spiro atoms. The fourth-order valence-corrected chi connectivity index (χ4v) is 2.25. The third-order valence-corrected chi connectivity index (χ3v) is 3.25. The lowest BCUT2D eigenvalue weighted by molar-refractivity contribution is -0.200. The molecule has 0 saturated heterocycles. The predicted molar refractivity (Wildman–Crippen MR) is 81.1 cm³/mol. The lowest BCUT2D eigenvalue weighted by atomic mass is 10.3. The van der Waals surface area contributed by atoms with Gasteiger partial charge in [0.15, 0.2) is 0 Å². The number of hydrogen-bond acceptors (Lipinski definition) is 4. The zero-order valence-electron chi connectivity index (χ0n) is 12.3. The average Bonchev–Trinajstić information content (AvgIpc) is 2.85. The number of allylic oxidation sites excluding steroid dienone is 3. The van der Waals surface area contributed by atoms with Crippen LogP contribution in [0.3, 0.4) is 0 Å². The van der Waals surface area contributed by atoms with Crippen LogP contribution in [0, 0.1) is 19.3 Å². The van der Waals surface area contributed by atoms with Crippen molar-refractivity contribution < 1.29 is 9.84 Å². The van der Waals surface area contributed by atoms with Gasteiger partial charge in [-0.2, -0.15) is 5.10 Å². The minimum atomic E-state index is -0.872. The van der Waals surface area contributed by atoms with Crippen molar-refractivity contribution in [3.8, 4) is 12.3 Å². The molecular formula is C16H21N3O2. The third kappa shape index (κ3) is 4.57. The van der Waals surface area contributed by atoms with Gasteiger partial charge in [-0.1, -0.05) is 24.1 Å². The first kappa shape index (κ1) is 15.5. The van der Waals surface area contributed by atoms with Gasteiger partial charge in [0.05, 0.1) is 24.5 Å². The number of ether oxygens (including phenoxy) is 1. The molecule has 1 aliphatic heterocycles. The van der Waals surface area contributed by atoms with Gasteiger partial charge in [0.25, 0.3) is 0 Å². The lowest BCUT2D eigenvalue weighted by Crippen LogP contribution is -2.42. The molecule has 1 aromatic heterocycles. The van der Waals surface area contributed by atoms with E-state index >= 15 is 0 Å². The highest BCUT2D eigenvalue weighted by Crippen LogP contribution is 2.15. The minimum absolute atomic E-state index is 0.469. The first-order chi connectivity index (χ1) is 10.2. The smallest absolute Gasteiger partial charge is 0.216 e. The molecule has 2 rings (SSSR count).